The van der Waals surface area contributed by atoms with Crippen molar-refractivity contribution in [3.63, 3.8) is 0 Å². The predicted molar refractivity (Wildman–Crippen MR) is 121 cm³/mol. The summed E-state index contributed by atoms with van der Waals surface area (Å²) in [6, 6.07) is 24.7. The normalized spacial score (nSPS) is 11.4. The van der Waals surface area contributed by atoms with Crippen LogP contribution in [0, 0.1) is 0 Å². The van der Waals surface area contributed by atoms with Crippen LogP contribution in [-0.2, 0) is 11.2 Å². The van der Waals surface area contributed by atoms with Gasteiger partial charge in [-0.1, -0.05) is 68.1 Å². The van der Waals surface area contributed by atoms with Crippen molar-refractivity contribution >= 4 is 38.6 Å². The van der Waals surface area contributed by atoms with Gasteiger partial charge in [-0.2, -0.15) is 0 Å². The minimum atomic E-state index is 0.721. The molecule has 28 heavy (non-hydrogen) atoms. The molecule has 0 fully saturated rings. The maximum atomic E-state index is 10.4. The zero-order valence-electron chi connectivity index (χ0n) is 16.5. The summed E-state index contributed by atoms with van der Waals surface area (Å²) in [5.41, 5.74) is 1.47. The molecule has 0 atom stereocenters. The topological polar surface area (TPSA) is 17.1 Å². The second kappa shape index (κ2) is 9.01. The largest absolute Gasteiger partial charge is 0.303 e. The summed E-state index contributed by atoms with van der Waals surface area (Å²) in [6.07, 6.45) is 10.2. The van der Waals surface area contributed by atoms with Crippen LogP contribution in [0.3, 0.4) is 0 Å². The molecule has 0 radical (unpaired) electrons. The van der Waals surface area contributed by atoms with E-state index in [9.17, 15) is 4.79 Å². The van der Waals surface area contributed by atoms with E-state index in [0.29, 0.717) is 0 Å². The Bertz CT molecular complexity index is 1090. The van der Waals surface area contributed by atoms with Crippen LogP contribution in [0.25, 0.3) is 32.3 Å². The first kappa shape index (κ1) is 18.7. The van der Waals surface area contributed by atoms with Crippen LogP contribution in [-0.4, -0.2) is 6.29 Å². The summed E-state index contributed by atoms with van der Waals surface area (Å²) < 4.78 is 0. The lowest BCUT2D eigenvalue weighted by molar-refractivity contribution is -0.107. The quantitative estimate of drug-likeness (QED) is 0.169. The van der Waals surface area contributed by atoms with Gasteiger partial charge in [0.1, 0.15) is 6.29 Å². The van der Waals surface area contributed by atoms with E-state index < -0.39 is 0 Å². The van der Waals surface area contributed by atoms with Gasteiger partial charge in [-0.3, -0.25) is 0 Å². The Labute approximate surface area is 167 Å². The van der Waals surface area contributed by atoms with E-state index in [-0.39, 0.29) is 0 Å². The minimum Gasteiger partial charge on any atom is -0.303 e. The molecule has 0 aliphatic heterocycles. The van der Waals surface area contributed by atoms with Crippen molar-refractivity contribution in [3.05, 3.63) is 72.3 Å². The first-order valence-corrected chi connectivity index (χ1v) is 10.6. The number of benzene rings is 4. The van der Waals surface area contributed by atoms with Crippen molar-refractivity contribution in [2.75, 3.05) is 0 Å². The van der Waals surface area contributed by atoms with Crippen LogP contribution in [0.5, 0.6) is 0 Å². The lowest BCUT2D eigenvalue weighted by Gasteiger charge is -2.10. The van der Waals surface area contributed by atoms with E-state index in [4.69, 9.17) is 0 Å². The standard InChI is InChI=1S/C27H28O/c28-16-9-5-3-1-2-4-6-11-21-14-10-15-24-19-25-17-22-12-7-8-13-23(22)18-26(25)20-27(21)24/h7-8,10,12-20H,1-6,9,11H2. The van der Waals surface area contributed by atoms with Gasteiger partial charge < -0.3 is 4.79 Å². The van der Waals surface area contributed by atoms with Crippen molar-refractivity contribution in [1.29, 1.82) is 0 Å². The molecule has 0 spiro atoms. The lowest BCUT2D eigenvalue weighted by atomic mass is 9.95. The average Bonchev–Trinajstić information content (AvgIpc) is 2.73. The Kier molecular flexibility index (Phi) is 6.01. The number of aldehydes is 1. The molecule has 4 aromatic carbocycles. The SMILES string of the molecule is O=CCCCCCCCCc1cccc2cc3cc4ccccc4cc3cc12. The number of fused-ring (bicyclic) bond motifs is 3. The Balaban J connectivity index is 1.50. The number of carbonyl (C=O) groups is 1. The number of aryl methyl sites for hydroxylation is 1. The molecule has 0 saturated heterocycles. The second-order valence-electron chi connectivity index (χ2n) is 7.86. The fourth-order valence-corrected chi connectivity index (χ4v) is 4.25. The van der Waals surface area contributed by atoms with E-state index >= 15 is 0 Å². The third-order valence-corrected chi connectivity index (χ3v) is 5.81. The summed E-state index contributed by atoms with van der Waals surface area (Å²) in [5.74, 6) is 0. The Morgan fingerprint density at radius 3 is 1.93 bits per heavy atom. The molecular weight excluding hydrogens is 340 g/mol. The van der Waals surface area contributed by atoms with Crippen LogP contribution >= 0.6 is 0 Å². The van der Waals surface area contributed by atoms with Gasteiger partial charge in [-0.15, -0.1) is 0 Å². The smallest absolute Gasteiger partial charge is 0.119 e. The highest BCUT2D eigenvalue weighted by Gasteiger charge is 2.05. The molecule has 4 rings (SSSR count). The number of carbonyl (C=O) groups excluding carboxylic acids is 1. The Morgan fingerprint density at radius 1 is 0.571 bits per heavy atom. The highest BCUT2D eigenvalue weighted by atomic mass is 16.1. The monoisotopic (exact) mass is 368 g/mol. The zero-order valence-corrected chi connectivity index (χ0v) is 16.5. The van der Waals surface area contributed by atoms with Gasteiger partial charge >= 0.3 is 0 Å². The van der Waals surface area contributed by atoms with Gasteiger partial charge in [-0.25, -0.2) is 0 Å². The summed E-state index contributed by atoms with van der Waals surface area (Å²) in [4.78, 5) is 10.4. The Morgan fingerprint density at radius 2 is 1.18 bits per heavy atom. The van der Waals surface area contributed by atoms with Crippen LogP contribution in [0.1, 0.15) is 50.5 Å². The van der Waals surface area contributed by atoms with E-state index in [2.05, 4.69) is 66.7 Å². The van der Waals surface area contributed by atoms with Crippen molar-refractivity contribution in [2.45, 2.75) is 51.4 Å². The summed E-state index contributed by atoms with van der Waals surface area (Å²) in [5, 5.41) is 8.00. The first-order valence-electron chi connectivity index (χ1n) is 10.6. The Hall–Kier alpha value is -2.67. The van der Waals surface area contributed by atoms with Gasteiger partial charge in [0.05, 0.1) is 0 Å². The highest BCUT2D eigenvalue weighted by molar-refractivity contribution is 6.05. The highest BCUT2D eigenvalue weighted by Crippen LogP contribution is 2.29. The summed E-state index contributed by atoms with van der Waals surface area (Å²) in [6.45, 7) is 0. The molecule has 0 heterocycles. The molecule has 0 aliphatic rings. The molecule has 142 valence electrons. The molecule has 4 aromatic rings. The number of hydrogen-bond donors (Lipinski definition) is 0. The molecule has 0 N–H and O–H groups in total. The van der Waals surface area contributed by atoms with E-state index in [0.717, 1.165) is 25.5 Å². The molecule has 0 unspecified atom stereocenters. The van der Waals surface area contributed by atoms with Crippen molar-refractivity contribution in [3.8, 4) is 0 Å². The van der Waals surface area contributed by atoms with E-state index in [1.807, 2.05) is 0 Å². The van der Waals surface area contributed by atoms with Crippen LogP contribution in [0.15, 0.2) is 66.7 Å². The van der Waals surface area contributed by atoms with Gasteiger partial charge in [0.25, 0.3) is 0 Å². The average molecular weight is 369 g/mol. The predicted octanol–water partition coefficient (Wildman–Crippen LogP) is 7.62. The number of hydrogen-bond acceptors (Lipinski definition) is 1. The summed E-state index contributed by atoms with van der Waals surface area (Å²) in [7, 11) is 0. The van der Waals surface area contributed by atoms with Crippen LogP contribution in [0.4, 0.5) is 0 Å². The van der Waals surface area contributed by atoms with Crippen molar-refractivity contribution in [2.24, 2.45) is 0 Å². The molecule has 0 amide bonds. The third kappa shape index (κ3) is 4.25. The molecule has 1 nitrogen and oxygen atoms in total. The van der Waals surface area contributed by atoms with Crippen LogP contribution < -0.4 is 0 Å². The molecule has 1 heteroatoms. The van der Waals surface area contributed by atoms with E-state index in [1.54, 1.807) is 0 Å². The van der Waals surface area contributed by atoms with Crippen LogP contribution in [0.2, 0.25) is 0 Å². The lowest BCUT2D eigenvalue weighted by Crippen LogP contribution is -1.89. The number of rotatable bonds is 9. The molecule has 0 bridgehead atoms. The zero-order chi connectivity index (χ0) is 19.2. The molecule has 0 aromatic heterocycles. The molecule has 0 saturated carbocycles. The first-order chi connectivity index (χ1) is 13.8. The maximum Gasteiger partial charge on any atom is 0.119 e. The van der Waals surface area contributed by atoms with Gasteiger partial charge in [-0.05, 0) is 81.4 Å². The molecule has 0 aliphatic carbocycles. The minimum absolute atomic E-state index is 0.721. The van der Waals surface area contributed by atoms with Gasteiger partial charge in [0, 0.05) is 6.42 Å². The molecular formula is C27H28O. The fourth-order valence-electron chi connectivity index (χ4n) is 4.25. The maximum absolute atomic E-state index is 10.4. The third-order valence-electron chi connectivity index (χ3n) is 5.81. The van der Waals surface area contributed by atoms with E-state index in [1.165, 1.54) is 70.0 Å². The van der Waals surface area contributed by atoms with Crippen molar-refractivity contribution < 1.29 is 4.79 Å². The summed E-state index contributed by atoms with van der Waals surface area (Å²) >= 11 is 0. The second-order valence-corrected chi connectivity index (χ2v) is 7.86. The van der Waals surface area contributed by atoms with Gasteiger partial charge in [0.2, 0.25) is 0 Å². The number of unbranched alkanes of at least 4 members (excludes halogenated alkanes) is 6. The fraction of sp³-hybridized carbons (Fsp3) is 0.296. The van der Waals surface area contributed by atoms with Crippen molar-refractivity contribution in [1.82, 2.24) is 0 Å². The van der Waals surface area contributed by atoms with Gasteiger partial charge in [0.15, 0.2) is 0 Å².